The molecule has 3 fully saturated rings. The van der Waals surface area contributed by atoms with Crippen LogP contribution in [0.5, 0.6) is 0 Å². The molecule has 4 rings (SSSR count). The Morgan fingerprint density at radius 3 is 2.10 bits per heavy atom. The van der Waals surface area contributed by atoms with Crippen molar-refractivity contribution in [3.05, 3.63) is 23.8 Å². The maximum absolute atomic E-state index is 17.5. The lowest BCUT2D eigenvalue weighted by Gasteiger charge is -2.62. The van der Waals surface area contributed by atoms with Crippen LogP contribution in [0.15, 0.2) is 23.8 Å². The van der Waals surface area contributed by atoms with E-state index >= 15 is 4.39 Å². The fourth-order valence-corrected chi connectivity index (χ4v) is 10.5. The van der Waals surface area contributed by atoms with E-state index in [4.69, 9.17) is 0 Å². The van der Waals surface area contributed by atoms with Crippen LogP contribution in [0.25, 0.3) is 0 Å². The first kappa shape index (κ1) is 41.1. The Morgan fingerprint density at radius 2 is 1.52 bits per heavy atom. The van der Waals surface area contributed by atoms with Crippen LogP contribution in [0.2, 0.25) is 0 Å². The summed E-state index contributed by atoms with van der Waals surface area (Å²) in [5.74, 6) is -1.65. The second-order valence-electron chi connectivity index (χ2n) is 16.7. The van der Waals surface area contributed by atoms with E-state index in [1.54, 1.807) is 12.2 Å². The lowest BCUT2D eigenvalue weighted by atomic mass is 9.44. The fourth-order valence-electron chi connectivity index (χ4n) is 10.5. The number of aliphatic hydroxyl groups excluding tert-OH is 1. The predicted molar refractivity (Wildman–Crippen MR) is 188 cm³/mol. The average molecular weight is 695 g/mol. The van der Waals surface area contributed by atoms with Gasteiger partial charge in [0.1, 0.15) is 0 Å². The lowest BCUT2D eigenvalue weighted by molar-refractivity contribution is -0.908. The largest absolute Gasteiger partial charge is 1.00 e. The predicted octanol–water partition coefficient (Wildman–Crippen LogP) is 4.62. The van der Waals surface area contributed by atoms with Crippen LogP contribution in [0.3, 0.4) is 0 Å². The highest BCUT2D eigenvalue weighted by Crippen LogP contribution is 2.70. The van der Waals surface area contributed by atoms with Gasteiger partial charge in [-0.25, -0.2) is 4.39 Å². The van der Waals surface area contributed by atoms with Gasteiger partial charge >= 0.3 is 0 Å². The molecule has 0 radical (unpaired) electrons. The van der Waals surface area contributed by atoms with Gasteiger partial charge in [-0.15, -0.1) is 0 Å². The van der Waals surface area contributed by atoms with Crippen LogP contribution in [0.4, 0.5) is 4.39 Å². The van der Waals surface area contributed by atoms with Crippen LogP contribution in [0.1, 0.15) is 137 Å². The number of nitrogens with zero attached hydrogens (tertiary/aromatic N) is 1. The van der Waals surface area contributed by atoms with Crippen LogP contribution in [-0.4, -0.2) is 77.0 Å². The van der Waals surface area contributed by atoms with Gasteiger partial charge in [0, 0.05) is 16.7 Å². The molecule has 0 aromatic rings. The molecule has 0 heterocycles. The summed E-state index contributed by atoms with van der Waals surface area (Å²) in [5.41, 5.74) is -4.96. The van der Waals surface area contributed by atoms with Crippen LogP contribution in [0, 0.1) is 28.6 Å². The molecule has 0 saturated heterocycles. The maximum atomic E-state index is 17.5. The van der Waals surface area contributed by atoms with Crippen LogP contribution in [-0.2, 0) is 9.59 Å². The Labute approximate surface area is 297 Å². The molecule has 48 heavy (non-hydrogen) atoms. The summed E-state index contributed by atoms with van der Waals surface area (Å²) in [4.78, 5) is 26.3. The molecule has 8 atom stereocenters. The molecule has 0 bridgehead atoms. The number of quaternary nitrogens is 1. The number of carbonyl (C=O) groups is 2. The molecule has 6 nitrogen and oxygen atoms in total. The van der Waals surface area contributed by atoms with Gasteiger partial charge in [0.25, 0.3) is 5.91 Å². The molecule has 3 N–H and O–H groups in total. The average Bonchev–Trinajstić information content (AvgIpc) is 3.23. The summed E-state index contributed by atoms with van der Waals surface area (Å²) in [6.07, 6.45) is 20.0. The second-order valence-corrected chi connectivity index (χ2v) is 16.7. The first-order valence-corrected chi connectivity index (χ1v) is 19.4. The van der Waals surface area contributed by atoms with Gasteiger partial charge in [-0.3, -0.25) is 9.59 Å². The zero-order valence-corrected chi connectivity index (χ0v) is 31.9. The van der Waals surface area contributed by atoms with E-state index in [2.05, 4.69) is 26.2 Å². The summed E-state index contributed by atoms with van der Waals surface area (Å²) in [6.45, 7) is 13.6. The second kappa shape index (κ2) is 16.8. The highest BCUT2D eigenvalue weighted by atomic mass is 35.5. The third-order valence-electron chi connectivity index (χ3n) is 13.6. The van der Waals surface area contributed by atoms with Gasteiger partial charge in [-0.05, 0) is 82.3 Å². The summed E-state index contributed by atoms with van der Waals surface area (Å²) in [5, 5.41) is 27.2. The number of aliphatic hydroxyl groups is 2. The lowest BCUT2D eigenvalue weighted by Crippen LogP contribution is -3.00. The van der Waals surface area contributed by atoms with Crippen molar-refractivity contribution in [1.29, 1.82) is 0 Å². The van der Waals surface area contributed by atoms with Crippen molar-refractivity contribution in [1.82, 2.24) is 5.32 Å². The molecular formula is C40H68ClFN2O4. The molecule has 0 aliphatic heterocycles. The number of ketones is 1. The zero-order valence-electron chi connectivity index (χ0n) is 31.1. The van der Waals surface area contributed by atoms with Crippen molar-refractivity contribution >= 4 is 11.7 Å². The fraction of sp³-hybridized carbons (Fsp3) is 0.850. The van der Waals surface area contributed by atoms with Gasteiger partial charge in [-0.2, -0.15) is 0 Å². The topological polar surface area (TPSA) is 86.6 Å². The number of amides is 1. The number of rotatable bonds is 18. The van der Waals surface area contributed by atoms with E-state index in [1.165, 1.54) is 83.1 Å². The molecule has 8 heteroatoms. The minimum absolute atomic E-state index is 0. The van der Waals surface area contributed by atoms with E-state index < -0.39 is 34.1 Å². The van der Waals surface area contributed by atoms with E-state index in [1.807, 2.05) is 20.8 Å². The number of halogens is 2. The molecule has 0 aromatic heterocycles. The highest BCUT2D eigenvalue weighted by molar-refractivity contribution is 6.01. The molecule has 0 spiro atoms. The van der Waals surface area contributed by atoms with Crippen LogP contribution < -0.4 is 17.7 Å². The Morgan fingerprint density at radius 1 is 0.958 bits per heavy atom. The molecule has 0 unspecified atom stereocenters. The molecule has 1 amide bonds. The summed E-state index contributed by atoms with van der Waals surface area (Å²) in [7, 11) is 2.33. The van der Waals surface area contributed by atoms with Crippen molar-refractivity contribution in [2.24, 2.45) is 28.6 Å². The molecule has 3 saturated carbocycles. The first-order valence-electron chi connectivity index (χ1n) is 19.4. The van der Waals surface area contributed by atoms with Crippen molar-refractivity contribution < 1.29 is 41.1 Å². The number of hydrogen-bond donors (Lipinski definition) is 3. The van der Waals surface area contributed by atoms with Crippen molar-refractivity contribution in [2.45, 2.75) is 155 Å². The Balaban J connectivity index is 0.00000625. The van der Waals surface area contributed by atoms with E-state index in [0.717, 1.165) is 29.7 Å². The van der Waals surface area contributed by atoms with E-state index in [-0.39, 0.29) is 42.4 Å². The number of likely N-dealkylation sites (N-methyl/N-ethyl adjacent to an activating group) is 1. The Bertz CT molecular complexity index is 1150. The van der Waals surface area contributed by atoms with Crippen molar-refractivity contribution in [3.8, 4) is 0 Å². The quantitative estimate of drug-likeness (QED) is 0.144. The smallest absolute Gasteiger partial charge is 0.253 e. The van der Waals surface area contributed by atoms with Gasteiger partial charge in [0.05, 0.1) is 39.3 Å². The molecule has 4 aliphatic rings. The number of hydrogen-bond acceptors (Lipinski definition) is 4. The van der Waals surface area contributed by atoms with Gasteiger partial charge < -0.3 is 32.4 Å². The summed E-state index contributed by atoms with van der Waals surface area (Å²) >= 11 is 0. The number of fused-ring (bicyclic) bond motifs is 5. The van der Waals surface area contributed by atoms with Gasteiger partial charge in [0.15, 0.2) is 17.1 Å². The van der Waals surface area contributed by atoms with Crippen LogP contribution >= 0.6 is 0 Å². The number of carbonyl (C=O) groups excluding carboxylic acids is 2. The first-order chi connectivity index (χ1) is 22.2. The van der Waals surface area contributed by atoms with Gasteiger partial charge in [-0.1, -0.05) is 90.7 Å². The minimum atomic E-state index is -1.97. The van der Waals surface area contributed by atoms with Crippen molar-refractivity contribution in [2.75, 3.05) is 33.2 Å². The van der Waals surface area contributed by atoms with E-state index in [0.29, 0.717) is 25.8 Å². The zero-order chi connectivity index (χ0) is 34.5. The van der Waals surface area contributed by atoms with Gasteiger partial charge in [0.2, 0.25) is 0 Å². The third kappa shape index (κ3) is 7.65. The molecule has 4 aliphatic carbocycles. The normalized spacial score (nSPS) is 35.7. The summed E-state index contributed by atoms with van der Waals surface area (Å²) < 4.78 is 18.4. The summed E-state index contributed by atoms with van der Waals surface area (Å²) in [6, 6.07) is 0. The standard InChI is InChI=1S/C40H67FN2O4.ClH/c1-7-9-11-13-15-17-24-43(6,25-18-16-14-12-10-8-2)26-23-42-36(46)40(47)30(3)27-34-33-20-19-31-28-32(44)21-22-37(31,4)39(33,41)35(45)29-38(34,40)5;/h21-22,28,30,33-35,45,47H,7-20,23-27,29H2,1-6H3;1H/t30-,33+,34+,35+,37+,38+,39+,40+;/m1./s1. The number of allylic oxidation sites excluding steroid dienone is 4. The SMILES string of the molecule is CCCCCCCC[N+](C)(CCCCCCCC)CCNC(=O)[C@@]1(O)[C@H](C)C[C@H]2[C@@H]3CCC4=CC(=O)C=C[C@]4(C)[C@@]3(F)[C@@H](O)C[C@@]21C.[Cl-]. The van der Waals surface area contributed by atoms with E-state index in [9.17, 15) is 19.8 Å². The monoisotopic (exact) mass is 694 g/mol. The number of alkyl halides is 1. The Hall–Kier alpha value is -1.28. The third-order valence-corrected chi connectivity index (χ3v) is 13.6. The van der Waals surface area contributed by atoms with Crippen molar-refractivity contribution in [3.63, 3.8) is 0 Å². The molecule has 0 aromatic carbocycles. The Kier molecular flexibility index (Phi) is 14.4. The maximum Gasteiger partial charge on any atom is 0.253 e. The highest BCUT2D eigenvalue weighted by Gasteiger charge is 2.75. The number of nitrogens with one attached hydrogen (secondary N) is 1. The minimum Gasteiger partial charge on any atom is -1.00 e. The molecular weight excluding hydrogens is 627 g/mol. The number of unbranched alkanes of at least 4 members (excludes halogenated alkanes) is 10. The molecule has 276 valence electrons.